The maximum atomic E-state index is 11.4. The van der Waals surface area contributed by atoms with Crippen molar-refractivity contribution in [1.82, 2.24) is 4.72 Å². The normalized spacial score (nSPS) is 10.4. The van der Waals surface area contributed by atoms with Crippen molar-refractivity contribution >= 4 is 28.0 Å². The molecule has 20 heavy (non-hydrogen) atoms. The SMILES string of the molecule is COC(=O)NS(=O)(=O)Nc1ccc(OCC(=O)O)cc1. The van der Waals surface area contributed by atoms with E-state index in [0.717, 1.165) is 7.11 Å². The molecule has 0 saturated carbocycles. The Labute approximate surface area is 114 Å². The van der Waals surface area contributed by atoms with E-state index in [0.29, 0.717) is 0 Å². The van der Waals surface area contributed by atoms with Crippen LogP contribution in [0.15, 0.2) is 24.3 Å². The molecule has 3 N–H and O–H groups in total. The van der Waals surface area contributed by atoms with Crippen molar-refractivity contribution < 1.29 is 32.6 Å². The topological polar surface area (TPSA) is 131 Å². The van der Waals surface area contributed by atoms with Gasteiger partial charge < -0.3 is 14.6 Å². The lowest BCUT2D eigenvalue weighted by atomic mass is 10.3. The number of amides is 1. The van der Waals surface area contributed by atoms with Gasteiger partial charge in [-0.3, -0.25) is 4.72 Å². The Morgan fingerprint density at radius 2 is 1.85 bits per heavy atom. The summed E-state index contributed by atoms with van der Waals surface area (Å²) in [7, 11) is -3.07. The molecule has 0 aliphatic carbocycles. The third-order valence-electron chi connectivity index (χ3n) is 1.87. The average Bonchev–Trinajstić information content (AvgIpc) is 2.36. The Hall–Kier alpha value is -2.49. The van der Waals surface area contributed by atoms with Crippen molar-refractivity contribution in [3.05, 3.63) is 24.3 Å². The zero-order valence-electron chi connectivity index (χ0n) is 10.3. The van der Waals surface area contributed by atoms with Crippen molar-refractivity contribution in [2.24, 2.45) is 0 Å². The first kappa shape index (κ1) is 15.6. The quantitative estimate of drug-likeness (QED) is 0.682. The molecule has 1 rings (SSSR count). The van der Waals surface area contributed by atoms with Gasteiger partial charge in [-0.25, -0.2) is 14.3 Å². The lowest BCUT2D eigenvalue weighted by molar-refractivity contribution is -0.139. The number of ether oxygens (including phenoxy) is 2. The van der Waals surface area contributed by atoms with Crippen molar-refractivity contribution in [2.75, 3.05) is 18.4 Å². The third-order valence-corrected chi connectivity index (χ3v) is 2.81. The minimum atomic E-state index is -4.09. The van der Waals surface area contributed by atoms with E-state index in [9.17, 15) is 18.0 Å². The Bertz CT molecular complexity index is 582. The molecule has 0 bridgehead atoms. The molecule has 0 aliphatic rings. The second-order valence-corrected chi connectivity index (χ2v) is 4.82. The smallest absolute Gasteiger partial charge is 0.422 e. The van der Waals surface area contributed by atoms with Crippen LogP contribution in [0.2, 0.25) is 0 Å². The Morgan fingerprint density at radius 1 is 1.25 bits per heavy atom. The number of carboxylic acid groups (broad SMARTS) is 1. The number of benzene rings is 1. The van der Waals surface area contributed by atoms with Gasteiger partial charge in [-0.05, 0) is 24.3 Å². The summed E-state index contributed by atoms with van der Waals surface area (Å²) in [6.07, 6.45) is -1.13. The van der Waals surface area contributed by atoms with Gasteiger partial charge in [-0.1, -0.05) is 0 Å². The van der Waals surface area contributed by atoms with Crippen LogP contribution >= 0.6 is 0 Å². The molecule has 1 aromatic rings. The minimum absolute atomic E-state index is 0.157. The lowest BCUT2D eigenvalue weighted by Crippen LogP contribution is -2.35. The van der Waals surface area contributed by atoms with Gasteiger partial charge in [-0.15, -0.1) is 0 Å². The molecule has 0 heterocycles. The van der Waals surface area contributed by atoms with Crippen LogP contribution in [0.3, 0.4) is 0 Å². The number of aliphatic carboxylic acids is 1. The Morgan fingerprint density at radius 3 is 2.35 bits per heavy atom. The van der Waals surface area contributed by atoms with Gasteiger partial charge in [0.25, 0.3) is 0 Å². The number of hydrogen-bond donors (Lipinski definition) is 3. The highest BCUT2D eigenvalue weighted by Gasteiger charge is 2.14. The first-order valence-corrected chi connectivity index (χ1v) is 6.64. The molecule has 0 aromatic heterocycles. The fourth-order valence-corrected chi connectivity index (χ4v) is 1.90. The van der Waals surface area contributed by atoms with Gasteiger partial charge in [0.15, 0.2) is 6.61 Å². The summed E-state index contributed by atoms with van der Waals surface area (Å²) < 4.78 is 35.6. The number of carboxylic acids is 1. The summed E-state index contributed by atoms with van der Waals surface area (Å²) in [6, 6.07) is 5.43. The van der Waals surface area contributed by atoms with Crippen LogP contribution in [-0.4, -0.2) is 39.3 Å². The first-order chi connectivity index (χ1) is 9.32. The Kier molecular flexibility index (Phi) is 5.15. The maximum absolute atomic E-state index is 11.4. The second-order valence-electron chi connectivity index (χ2n) is 3.41. The molecule has 1 aromatic carbocycles. The molecule has 0 atom stereocenters. The number of carbonyl (C=O) groups is 2. The highest BCUT2D eigenvalue weighted by molar-refractivity contribution is 7.91. The van der Waals surface area contributed by atoms with Gasteiger partial charge in [0.1, 0.15) is 5.75 Å². The Balaban J connectivity index is 2.65. The summed E-state index contributed by atoms with van der Waals surface area (Å²) in [6.45, 7) is -0.505. The van der Waals surface area contributed by atoms with Crippen molar-refractivity contribution in [3.8, 4) is 5.75 Å². The van der Waals surface area contributed by atoms with Crippen LogP contribution in [0.5, 0.6) is 5.75 Å². The zero-order chi connectivity index (χ0) is 15.2. The van der Waals surface area contributed by atoms with Gasteiger partial charge in [0.2, 0.25) is 0 Å². The zero-order valence-corrected chi connectivity index (χ0v) is 11.1. The molecule has 0 fully saturated rings. The fraction of sp³-hybridized carbons (Fsp3) is 0.200. The van der Waals surface area contributed by atoms with E-state index in [1.165, 1.54) is 24.3 Å². The van der Waals surface area contributed by atoms with Gasteiger partial charge >= 0.3 is 22.3 Å². The number of hydrogen-bond acceptors (Lipinski definition) is 6. The number of anilines is 1. The number of nitrogens with one attached hydrogen (secondary N) is 2. The second kappa shape index (κ2) is 6.61. The number of rotatable bonds is 6. The lowest BCUT2D eigenvalue weighted by Gasteiger charge is -2.09. The van der Waals surface area contributed by atoms with Crippen LogP contribution in [0.1, 0.15) is 0 Å². The van der Waals surface area contributed by atoms with E-state index in [1.807, 2.05) is 0 Å². The van der Waals surface area contributed by atoms with Crippen molar-refractivity contribution in [1.29, 1.82) is 0 Å². The molecule has 9 nitrogen and oxygen atoms in total. The molecule has 0 radical (unpaired) electrons. The van der Waals surface area contributed by atoms with Crippen LogP contribution in [0.25, 0.3) is 0 Å². The summed E-state index contributed by atoms with van der Waals surface area (Å²) in [4.78, 5) is 21.1. The standard InChI is InChI=1S/C10H12N2O7S/c1-18-10(15)12-20(16,17)11-7-2-4-8(5-3-7)19-6-9(13)14/h2-5,11H,6H2,1H3,(H,12,15)(H,13,14). The van der Waals surface area contributed by atoms with E-state index < -0.39 is 28.9 Å². The fourth-order valence-electron chi connectivity index (χ4n) is 1.10. The molecule has 0 aliphatic heterocycles. The van der Waals surface area contributed by atoms with Crippen LogP contribution in [0, 0.1) is 0 Å². The third kappa shape index (κ3) is 5.44. The summed E-state index contributed by atoms with van der Waals surface area (Å²) in [5.41, 5.74) is 0.157. The summed E-state index contributed by atoms with van der Waals surface area (Å²) in [5, 5.41) is 8.42. The van der Waals surface area contributed by atoms with E-state index in [4.69, 9.17) is 9.84 Å². The van der Waals surface area contributed by atoms with Crippen LogP contribution in [-0.2, 0) is 19.7 Å². The molecule has 0 saturated heterocycles. The first-order valence-electron chi connectivity index (χ1n) is 5.15. The average molecular weight is 304 g/mol. The number of carbonyl (C=O) groups excluding carboxylic acids is 1. The molecule has 110 valence electrons. The molecule has 0 unspecified atom stereocenters. The van der Waals surface area contributed by atoms with Crippen LogP contribution in [0.4, 0.5) is 10.5 Å². The highest BCUT2D eigenvalue weighted by Crippen LogP contribution is 2.16. The predicted molar refractivity (Wildman–Crippen MR) is 67.7 cm³/mol. The van der Waals surface area contributed by atoms with Gasteiger partial charge in [-0.2, -0.15) is 8.42 Å². The maximum Gasteiger partial charge on any atom is 0.422 e. The van der Waals surface area contributed by atoms with Crippen molar-refractivity contribution in [3.63, 3.8) is 0 Å². The molecule has 1 amide bonds. The van der Waals surface area contributed by atoms with E-state index in [1.54, 1.807) is 4.72 Å². The minimum Gasteiger partial charge on any atom is -0.482 e. The molecule has 0 spiro atoms. The monoisotopic (exact) mass is 304 g/mol. The van der Waals surface area contributed by atoms with Gasteiger partial charge in [0.05, 0.1) is 12.8 Å². The highest BCUT2D eigenvalue weighted by atomic mass is 32.2. The van der Waals surface area contributed by atoms with Gasteiger partial charge in [0, 0.05) is 0 Å². The molecular weight excluding hydrogens is 292 g/mol. The van der Waals surface area contributed by atoms with Crippen LogP contribution < -0.4 is 14.2 Å². The molecular formula is C10H12N2O7S. The number of methoxy groups -OCH3 is 1. The summed E-state index contributed by atoms with van der Waals surface area (Å²) >= 11 is 0. The largest absolute Gasteiger partial charge is 0.482 e. The van der Waals surface area contributed by atoms with E-state index in [-0.39, 0.29) is 11.4 Å². The predicted octanol–water partition coefficient (Wildman–Crippen LogP) is 0.163. The van der Waals surface area contributed by atoms with E-state index >= 15 is 0 Å². The van der Waals surface area contributed by atoms with Crippen molar-refractivity contribution in [2.45, 2.75) is 0 Å². The molecule has 10 heteroatoms. The van der Waals surface area contributed by atoms with E-state index in [2.05, 4.69) is 9.46 Å². The summed E-state index contributed by atoms with van der Waals surface area (Å²) in [5.74, 6) is -0.867.